The summed E-state index contributed by atoms with van der Waals surface area (Å²) in [6.45, 7) is 0.684. The molecular weight excluding hydrogens is 389 g/mol. The number of anilines is 1. The summed E-state index contributed by atoms with van der Waals surface area (Å²) in [7, 11) is 0. The number of phenolic OH excluding ortho intramolecular Hbond substituents is 1. The average Bonchev–Trinajstić information content (AvgIpc) is 2.80. The Hall–Kier alpha value is -3.73. The lowest BCUT2D eigenvalue weighted by Crippen LogP contribution is -2.16. The lowest BCUT2D eigenvalue weighted by molar-refractivity contribution is 0.475. The standard InChI is InChI=1S/C26H22FN3O/c27-24-8-4-3-6-21(24)23-15-18-16-29-26(28-14-13-17-9-11-19(31)12-10-17)30-25(18)22-7-2-1-5-20(22)23/h1-12,16,23,31H,13-15H2,(H,28,29,30). The minimum Gasteiger partial charge on any atom is -0.508 e. The second-order valence-electron chi connectivity index (χ2n) is 7.78. The molecule has 1 atom stereocenters. The number of halogens is 1. The van der Waals surface area contributed by atoms with Gasteiger partial charge in [0, 0.05) is 24.2 Å². The van der Waals surface area contributed by atoms with Crippen LogP contribution in [-0.4, -0.2) is 21.6 Å². The fourth-order valence-electron chi connectivity index (χ4n) is 4.24. The van der Waals surface area contributed by atoms with Gasteiger partial charge in [-0.15, -0.1) is 0 Å². The van der Waals surface area contributed by atoms with E-state index >= 15 is 0 Å². The highest BCUT2D eigenvalue weighted by atomic mass is 19.1. The van der Waals surface area contributed by atoms with E-state index in [1.165, 1.54) is 6.07 Å². The molecule has 1 heterocycles. The highest BCUT2D eigenvalue weighted by molar-refractivity contribution is 5.72. The summed E-state index contributed by atoms with van der Waals surface area (Å²) in [6, 6.07) is 22.3. The monoisotopic (exact) mass is 411 g/mol. The molecule has 3 aromatic carbocycles. The number of aromatic nitrogens is 2. The number of nitrogens with one attached hydrogen (secondary N) is 1. The van der Waals surface area contributed by atoms with E-state index in [-0.39, 0.29) is 17.5 Å². The fraction of sp³-hybridized carbons (Fsp3) is 0.154. The van der Waals surface area contributed by atoms with Gasteiger partial charge in [0.2, 0.25) is 5.95 Å². The van der Waals surface area contributed by atoms with Crippen LogP contribution in [-0.2, 0) is 12.8 Å². The molecule has 0 aliphatic heterocycles. The summed E-state index contributed by atoms with van der Waals surface area (Å²) in [6.07, 6.45) is 3.32. The molecule has 1 aliphatic carbocycles. The number of aromatic hydroxyl groups is 1. The predicted molar refractivity (Wildman–Crippen MR) is 120 cm³/mol. The van der Waals surface area contributed by atoms with Crippen LogP contribution in [0.5, 0.6) is 5.75 Å². The predicted octanol–water partition coefficient (Wildman–Crippen LogP) is 5.33. The van der Waals surface area contributed by atoms with E-state index in [9.17, 15) is 9.50 Å². The van der Waals surface area contributed by atoms with Gasteiger partial charge >= 0.3 is 0 Å². The van der Waals surface area contributed by atoms with Gasteiger partial charge in [-0.1, -0.05) is 54.6 Å². The smallest absolute Gasteiger partial charge is 0.223 e. The maximum absolute atomic E-state index is 14.6. The van der Waals surface area contributed by atoms with Crippen molar-refractivity contribution in [2.75, 3.05) is 11.9 Å². The molecule has 0 spiro atoms. The molecule has 4 nitrogen and oxygen atoms in total. The second kappa shape index (κ2) is 8.19. The third-order valence-electron chi connectivity index (χ3n) is 5.79. The van der Waals surface area contributed by atoms with E-state index in [1.807, 2.05) is 48.7 Å². The van der Waals surface area contributed by atoms with Crippen LogP contribution in [0.2, 0.25) is 0 Å². The molecule has 5 rings (SSSR count). The molecule has 4 aromatic rings. The SMILES string of the molecule is Oc1ccc(CCNc2ncc3c(n2)-c2ccccc2C(c2ccccc2F)C3)cc1. The van der Waals surface area contributed by atoms with Crippen LogP contribution in [0.1, 0.15) is 28.2 Å². The summed E-state index contributed by atoms with van der Waals surface area (Å²) in [5.74, 6) is 0.611. The normalized spacial score (nSPS) is 14.5. The van der Waals surface area contributed by atoms with E-state index in [2.05, 4.69) is 16.4 Å². The summed E-state index contributed by atoms with van der Waals surface area (Å²) in [5, 5.41) is 12.7. The van der Waals surface area contributed by atoms with Crippen molar-refractivity contribution in [3.63, 3.8) is 0 Å². The lowest BCUT2D eigenvalue weighted by Gasteiger charge is -2.27. The summed E-state index contributed by atoms with van der Waals surface area (Å²) in [4.78, 5) is 9.30. The minimum absolute atomic E-state index is 0.0539. The molecule has 0 amide bonds. The molecule has 31 heavy (non-hydrogen) atoms. The lowest BCUT2D eigenvalue weighted by atomic mass is 9.78. The van der Waals surface area contributed by atoms with Crippen molar-refractivity contribution in [2.24, 2.45) is 0 Å². The molecule has 1 aromatic heterocycles. The maximum atomic E-state index is 14.6. The first kappa shape index (κ1) is 19.2. The van der Waals surface area contributed by atoms with Crippen LogP contribution in [0.3, 0.4) is 0 Å². The number of nitrogens with zero attached hydrogens (tertiary/aromatic N) is 2. The first-order valence-corrected chi connectivity index (χ1v) is 10.4. The Morgan fingerprint density at radius 3 is 2.48 bits per heavy atom. The highest BCUT2D eigenvalue weighted by Crippen LogP contribution is 2.42. The molecule has 1 unspecified atom stereocenters. The zero-order valence-electron chi connectivity index (χ0n) is 16.9. The van der Waals surface area contributed by atoms with Crippen LogP contribution in [0, 0.1) is 5.82 Å². The van der Waals surface area contributed by atoms with Crippen LogP contribution in [0.4, 0.5) is 10.3 Å². The number of hydrogen-bond donors (Lipinski definition) is 2. The summed E-state index contributed by atoms with van der Waals surface area (Å²) >= 11 is 0. The summed E-state index contributed by atoms with van der Waals surface area (Å²) in [5.41, 5.74) is 5.88. The molecule has 0 saturated carbocycles. The van der Waals surface area contributed by atoms with Crippen molar-refractivity contribution in [1.82, 2.24) is 9.97 Å². The van der Waals surface area contributed by atoms with Crippen molar-refractivity contribution in [3.05, 3.63) is 107 Å². The molecule has 0 bridgehead atoms. The molecule has 154 valence electrons. The van der Waals surface area contributed by atoms with Crippen LogP contribution in [0.15, 0.2) is 79.0 Å². The Kier molecular flexibility index (Phi) is 5.08. The first-order valence-electron chi connectivity index (χ1n) is 10.4. The summed E-state index contributed by atoms with van der Waals surface area (Å²) < 4.78 is 14.6. The van der Waals surface area contributed by atoms with Crippen molar-refractivity contribution >= 4 is 5.95 Å². The highest BCUT2D eigenvalue weighted by Gasteiger charge is 2.28. The average molecular weight is 411 g/mol. The number of benzene rings is 3. The van der Waals surface area contributed by atoms with E-state index < -0.39 is 0 Å². The molecule has 1 aliphatic rings. The van der Waals surface area contributed by atoms with Crippen molar-refractivity contribution in [1.29, 1.82) is 0 Å². The van der Waals surface area contributed by atoms with Gasteiger partial charge < -0.3 is 10.4 Å². The van der Waals surface area contributed by atoms with E-state index in [0.29, 0.717) is 24.5 Å². The van der Waals surface area contributed by atoms with E-state index in [4.69, 9.17) is 4.98 Å². The largest absolute Gasteiger partial charge is 0.508 e. The van der Waals surface area contributed by atoms with Crippen LogP contribution < -0.4 is 5.32 Å². The van der Waals surface area contributed by atoms with E-state index in [1.54, 1.807) is 18.2 Å². The topological polar surface area (TPSA) is 58.0 Å². The van der Waals surface area contributed by atoms with Gasteiger partial charge in [-0.2, -0.15) is 0 Å². The van der Waals surface area contributed by atoms with Crippen LogP contribution >= 0.6 is 0 Å². The third kappa shape index (κ3) is 3.87. The van der Waals surface area contributed by atoms with Gasteiger partial charge in [0.1, 0.15) is 11.6 Å². The van der Waals surface area contributed by atoms with Gasteiger partial charge in [-0.3, -0.25) is 0 Å². The quantitative estimate of drug-likeness (QED) is 0.466. The Bertz CT molecular complexity index is 1220. The Morgan fingerprint density at radius 1 is 0.935 bits per heavy atom. The number of rotatable bonds is 5. The van der Waals surface area contributed by atoms with Crippen molar-refractivity contribution in [2.45, 2.75) is 18.8 Å². The van der Waals surface area contributed by atoms with Crippen LogP contribution in [0.25, 0.3) is 11.3 Å². The molecule has 5 heteroatoms. The minimum atomic E-state index is -0.181. The number of hydrogen-bond acceptors (Lipinski definition) is 4. The zero-order chi connectivity index (χ0) is 21.2. The molecular formula is C26H22FN3O. The maximum Gasteiger partial charge on any atom is 0.223 e. The third-order valence-corrected chi connectivity index (χ3v) is 5.79. The number of fused-ring (bicyclic) bond motifs is 3. The van der Waals surface area contributed by atoms with E-state index in [0.717, 1.165) is 34.4 Å². The van der Waals surface area contributed by atoms with Gasteiger partial charge in [-0.05, 0) is 53.3 Å². The first-order chi connectivity index (χ1) is 15.2. The van der Waals surface area contributed by atoms with Gasteiger partial charge in [-0.25, -0.2) is 14.4 Å². The van der Waals surface area contributed by atoms with Crippen molar-refractivity contribution in [3.8, 4) is 17.0 Å². The molecule has 0 radical (unpaired) electrons. The molecule has 0 saturated heterocycles. The van der Waals surface area contributed by atoms with Gasteiger partial charge in [0.05, 0.1) is 5.69 Å². The Labute approximate surface area is 180 Å². The second-order valence-corrected chi connectivity index (χ2v) is 7.78. The van der Waals surface area contributed by atoms with Crippen molar-refractivity contribution < 1.29 is 9.50 Å². The number of phenols is 1. The zero-order valence-corrected chi connectivity index (χ0v) is 16.9. The van der Waals surface area contributed by atoms with Gasteiger partial charge in [0.25, 0.3) is 0 Å². The molecule has 2 N–H and O–H groups in total. The van der Waals surface area contributed by atoms with Gasteiger partial charge in [0.15, 0.2) is 0 Å². The Balaban J connectivity index is 1.40. The fourth-order valence-corrected chi connectivity index (χ4v) is 4.24. The Morgan fingerprint density at radius 2 is 1.68 bits per heavy atom. The molecule has 0 fully saturated rings.